The molecule has 2 aromatic rings. The number of carbonyl (C=O) groups is 2. The Morgan fingerprint density at radius 1 is 1.11 bits per heavy atom. The quantitative estimate of drug-likeness (QED) is 0.649. The van der Waals surface area contributed by atoms with Crippen molar-refractivity contribution in [2.45, 2.75) is 13.0 Å². The van der Waals surface area contributed by atoms with E-state index in [0.29, 0.717) is 35.2 Å². The van der Waals surface area contributed by atoms with E-state index in [-0.39, 0.29) is 16.8 Å². The van der Waals surface area contributed by atoms with Crippen LogP contribution in [-0.4, -0.2) is 38.2 Å². The van der Waals surface area contributed by atoms with Crippen LogP contribution in [0.5, 0.6) is 5.75 Å². The molecule has 2 amide bonds. The number of ether oxygens (including phenoxy) is 2. The summed E-state index contributed by atoms with van der Waals surface area (Å²) in [6.45, 7) is 2.41. The summed E-state index contributed by atoms with van der Waals surface area (Å²) < 4.78 is 10.4. The maximum Gasteiger partial charge on any atom is 0.265 e. The smallest absolute Gasteiger partial charge is 0.265 e. The fourth-order valence-corrected chi connectivity index (χ4v) is 2.55. The van der Waals surface area contributed by atoms with Crippen LogP contribution in [0.1, 0.15) is 17.3 Å². The molecule has 2 N–H and O–H groups in total. The lowest BCUT2D eigenvalue weighted by molar-refractivity contribution is -0.122. The van der Waals surface area contributed by atoms with E-state index in [2.05, 4.69) is 10.6 Å². The first-order chi connectivity index (χ1) is 12.9. The highest BCUT2D eigenvalue weighted by Gasteiger charge is 2.16. The fourth-order valence-electron chi connectivity index (χ4n) is 2.15. The first-order valence-corrected chi connectivity index (χ1v) is 8.96. The van der Waals surface area contributed by atoms with Gasteiger partial charge in [0, 0.05) is 24.4 Å². The molecule has 0 aliphatic rings. The minimum Gasteiger partial charge on any atom is -0.481 e. The summed E-state index contributed by atoms with van der Waals surface area (Å²) in [6, 6.07) is 11.4. The molecule has 0 aliphatic heterocycles. The second kappa shape index (κ2) is 10.2. The zero-order chi connectivity index (χ0) is 19.8. The molecule has 0 aliphatic carbocycles. The molecule has 0 radical (unpaired) electrons. The van der Waals surface area contributed by atoms with E-state index in [9.17, 15) is 9.59 Å². The highest BCUT2D eigenvalue weighted by atomic mass is 35.5. The SMILES string of the molecule is COCCNC(=O)c1ccc(NC(=O)C(C)Oc2ccc(Cl)cc2)cc1Cl. The minimum atomic E-state index is -0.734. The first-order valence-electron chi connectivity index (χ1n) is 8.20. The van der Waals surface area contributed by atoms with Gasteiger partial charge in [0.15, 0.2) is 6.10 Å². The van der Waals surface area contributed by atoms with E-state index in [1.807, 2.05) is 0 Å². The van der Waals surface area contributed by atoms with Gasteiger partial charge in [-0.05, 0) is 49.4 Å². The first kappa shape index (κ1) is 21.0. The maximum absolute atomic E-state index is 12.3. The van der Waals surface area contributed by atoms with E-state index >= 15 is 0 Å². The fraction of sp³-hybridized carbons (Fsp3) is 0.263. The van der Waals surface area contributed by atoms with Crippen molar-refractivity contribution in [2.75, 3.05) is 25.6 Å². The van der Waals surface area contributed by atoms with Crippen molar-refractivity contribution in [1.29, 1.82) is 0 Å². The topological polar surface area (TPSA) is 76.7 Å². The number of rotatable bonds is 8. The summed E-state index contributed by atoms with van der Waals surface area (Å²) in [4.78, 5) is 24.3. The van der Waals surface area contributed by atoms with Crippen LogP contribution in [-0.2, 0) is 9.53 Å². The average Bonchev–Trinajstić information content (AvgIpc) is 2.63. The molecular formula is C19H20Cl2N2O4. The van der Waals surface area contributed by atoms with Gasteiger partial charge < -0.3 is 20.1 Å². The van der Waals surface area contributed by atoms with Crippen molar-refractivity contribution in [3.63, 3.8) is 0 Å². The number of anilines is 1. The molecule has 0 saturated carbocycles. The summed E-state index contributed by atoms with van der Waals surface area (Å²) in [5, 5.41) is 6.21. The molecule has 1 atom stereocenters. The molecule has 27 heavy (non-hydrogen) atoms. The summed E-state index contributed by atoms with van der Waals surface area (Å²) in [5.74, 6) is -0.129. The molecular weight excluding hydrogens is 391 g/mol. The van der Waals surface area contributed by atoms with Gasteiger partial charge in [-0.1, -0.05) is 23.2 Å². The van der Waals surface area contributed by atoms with Gasteiger partial charge in [-0.15, -0.1) is 0 Å². The summed E-state index contributed by atoms with van der Waals surface area (Å²) in [5.41, 5.74) is 0.779. The Balaban J connectivity index is 1.95. The van der Waals surface area contributed by atoms with Crippen LogP contribution in [0, 0.1) is 0 Å². The molecule has 8 heteroatoms. The standard InChI is InChI=1S/C19H20Cl2N2O4/c1-12(27-15-6-3-13(20)4-7-15)18(24)23-14-5-8-16(17(21)11-14)19(25)22-9-10-26-2/h3-8,11-12H,9-10H2,1-2H3,(H,22,25)(H,23,24). The zero-order valence-electron chi connectivity index (χ0n) is 14.9. The minimum absolute atomic E-state index is 0.231. The highest BCUT2D eigenvalue weighted by molar-refractivity contribution is 6.34. The summed E-state index contributed by atoms with van der Waals surface area (Å²) >= 11 is 12.0. The van der Waals surface area contributed by atoms with E-state index in [0.717, 1.165) is 0 Å². The molecule has 0 bridgehead atoms. The molecule has 0 spiro atoms. The Morgan fingerprint density at radius 2 is 1.81 bits per heavy atom. The van der Waals surface area contributed by atoms with Gasteiger partial charge in [0.05, 0.1) is 17.2 Å². The lowest BCUT2D eigenvalue weighted by Crippen LogP contribution is -2.30. The molecule has 0 fully saturated rings. The number of benzene rings is 2. The Labute approximate surface area is 167 Å². The van der Waals surface area contributed by atoms with Crippen LogP contribution in [0.2, 0.25) is 10.0 Å². The number of methoxy groups -OCH3 is 1. The Kier molecular flexibility index (Phi) is 7.91. The van der Waals surface area contributed by atoms with Crippen LogP contribution < -0.4 is 15.4 Å². The number of nitrogens with one attached hydrogen (secondary N) is 2. The van der Waals surface area contributed by atoms with Gasteiger partial charge in [-0.25, -0.2) is 0 Å². The number of hydrogen-bond acceptors (Lipinski definition) is 4. The van der Waals surface area contributed by atoms with Crippen molar-refractivity contribution in [2.24, 2.45) is 0 Å². The van der Waals surface area contributed by atoms with Crippen molar-refractivity contribution < 1.29 is 19.1 Å². The lowest BCUT2D eigenvalue weighted by Gasteiger charge is -2.15. The van der Waals surface area contributed by atoms with E-state index in [4.69, 9.17) is 32.7 Å². The van der Waals surface area contributed by atoms with Gasteiger partial charge in [0.2, 0.25) is 0 Å². The van der Waals surface area contributed by atoms with E-state index in [1.165, 1.54) is 6.07 Å². The molecule has 2 rings (SSSR count). The average molecular weight is 411 g/mol. The van der Waals surface area contributed by atoms with Gasteiger partial charge in [-0.3, -0.25) is 9.59 Å². The van der Waals surface area contributed by atoms with Crippen molar-refractivity contribution in [3.8, 4) is 5.75 Å². The van der Waals surface area contributed by atoms with Gasteiger partial charge in [0.1, 0.15) is 5.75 Å². The number of amides is 2. The summed E-state index contributed by atoms with van der Waals surface area (Å²) in [6.07, 6.45) is -0.734. The van der Waals surface area contributed by atoms with Gasteiger partial charge in [-0.2, -0.15) is 0 Å². The van der Waals surface area contributed by atoms with Crippen LogP contribution in [0.3, 0.4) is 0 Å². The van der Waals surface area contributed by atoms with Crippen LogP contribution in [0.4, 0.5) is 5.69 Å². The van der Waals surface area contributed by atoms with Crippen molar-refractivity contribution in [3.05, 3.63) is 58.1 Å². The van der Waals surface area contributed by atoms with Gasteiger partial charge >= 0.3 is 0 Å². The third-order valence-corrected chi connectivity index (χ3v) is 4.13. The Morgan fingerprint density at radius 3 is 2.44 bits per heavy atom. The molecule has 0 saturated heterocycles. The third-order valence-electron chi connectivity index (χ3n) is 3.57. The lowest BCUT2D eigenvalue weighted by atomic mass is 10.2. The number of hydrogen-bond donors (Lipinski definition) is 2. The van der Waals surface area contributed by atoms with Crippen molar-refractivity contribution >= 4 is 40.7 Å². The highest BCUT2D eigenvalue weighted by Crippen LogP contribution is 2.22. The predicted molar refractivity (Wildman–Crippen MR) is 106 cm³/mol. The number of halogens is 2. The van der Waals surface area contributed by atoms with Gasteiger partial charge in [0.25, 0.3) is 11.8 Å². The Hall–Kier alpha value is -2.28. The maximum atomic E-state index is 12.3. The molecule has 2 aromatic carbocycles. The van der Waals surface area contributed by atoms with Crippen LogP contribution >= 0.6 is 23.2 Å². The predicted octanol–water partition coefficient (Wildman–Crippen LogP) is 3.78. The monoisotopic (exact) mass is 410 g/mol. The largest absolute Gasteiger partial charge is 0.481 e. The Bertz CT molecular complexity index is 797. The second-order valence-corrected chi connectivity index (χ2v) is 6.49. The molecule has 6 nitrogen and oxygen atoms in total. The molecule has 1 unspecified atom stereocenters. The van der Waals surface area contributed by atoms with Crippen LogP contribution in [0.25, 0.3) is 0 Å². The van der Waals surface area contributed by atoms with E-state index < -0.39 is 6.10 Å². The van der Waals surface area contributed by atoms with Crippen molar-refractivity contribution in [1.82, 2.24) is 5.32 Å². The van der Waals surface area contributed by atoms with E-state index in [1.54, 1.807) is 50.4 Å². The molecule has 144 valence electrons. The zero-order valence-corrected chi connectivity index (χ0v) is 16.4. The normalized spacial score (nSPS) is 11.6. The number of carbonyl (C=O) groups excluding carboxylic acids is 2. The van der Waals surface area contributed by atoms with Crippen LogP contribution in [0.15, 0.2) is 42.5 Å². The summed E-state index contributed by atoms with van der Waals surface area (Å²) in [7, 11) is 1.55. The molecule has 0 aromatic heterocycles. The third kappa shape index (κ3) is 6.43. The second-order valence-electron chi connectivity index (χ2n) is 5.65. The molecule has 0 heterocycles.